The Kier molecular flexibility index (Phi) is 4.79. The normalized spacial score (nSPS) is 11.6. The number of hydrogen-bond donors (Lipinski definition) is 1. The van der Waals surface area contributed by atoms with E-state index in [1.807, 2.05) is 0 Å². The number of anilines is 1. The number of aromatic nitrogens is 2. The van der Waals surface area contributed by atoms with Crippen molar-refractivity contribution in [3.63, 3.8) is 0 Å². The Bertz CT molecular complexity index is 767. The molecule has 5 nitrogen and oxygen atoms in total. The fourth-order valence-electron chi connectivity index (χ4n) is 1.67. The van der Waals surface area contributed by atoms with Crippen LogP contribution < -0.4 is 15.6 Å². The Hall–Kier alpha value is -2.29. The molecule has 0 fully saturated rings. The third-order valence-corrected chi connectivity index (χ3v) is 3.12. The van der Waals surface area contributed by atoms with Crippen LogP contribution in [0.1, 0.15) is 0 Å². The first kappa shape index (κ1) is 17.1. The summed E-state index contributed by atoms with van der Waals surface area (Å²) in [6.07, 6.45) is -7.38. The first-order valence-corrected chi connectivity index (χ1v) is 6.55. The number of nitrogens with one attached hydrogen (secondary N) is 1. The number of alkyl halides is 4. The average Bonchev–Trinajstić information content (AvgIpc) is 2.49. The minimum absolute atomic E-state index is 0.0297. The van der Waals surface area contributed by atoms with Gasteiger partial charge in [-0.15, -0.1) is 0 Å². The fraction of sp³-hybridized carbons (Fsp3) is 0.231. The van der Waals surface area contributed by atoms with E-state index in [0.29, 0.717) is 0 Å². The molecule has 0 unspecified atom stereocenters. The van der Waals surface area contributed by atoms with Gasteiger partial charge < -0.3 is 10.1 Å². The third-order valence-electron chi connectivity index (χ3n) is 2.76. The Morgan fingerprint density at radius 2 is 2.09 bits per heavy atom. The summed E-state index contributed by atoms with van der Waals surface area (Å²) in [6.45, 7) is 0. The van der Waals surface area contributed by atoms with Gasteiger partial charge >= 0.3 is 12.5 Å². The molecule has 0 aliphatic heterocycles. The monoisotopic (exact) mass is 351 g/mol. The van der Waals surface area contributed by atoms with Crippen LogP contribution in [0.15, 0.2) is 35.3 Å². The SMILES string of the molecule is CNc1cnn(-c2cccc(OC(F)(F)C(F)F)c2)c(=O)c1Cl. The second-order valence-electron chi connectivity index (χ2n) is 4.30. The van der Waals surface area contributed by atoms with E-state index in [0.717, 1.165) is 16.8 Å². The number of hydrogen-bond acceptors (Lipinski definition) is 4. The molecule has 10 heteroatoms. The van der Waals surface area contributed by atoms with Gasteiger partial charge in [-0.25, -0.2) is 0 Å². The lowest BCUT2D eigenvalue weighted by Crippen LogP contribution is -2.33. The van der Waals surface area contributed by atoms with Gasteiger partial charge in [0.2, 0.25) is 0 Å². The Labute approximate surface area is 132 Å². The summed E-state index contributed by atoms with van der Waals surface area (Å²) in [7, 11) is 1.54. The number of benzene rings is 1. The van der Waals surface area contributed by atoms with Crippen molar-refractivity contribution in [2.75, 3.05) is 12.4 Å². The van der Waals surface area contributed by atoms with Crippen LogP contribution in [-0.4, -0.2) is 29.4 Å². The van der Waals surface area contributed by atoms with E-state index >= 15 is 0 Å². The molecule has 0 aliphatic carbocycles. The molecule has 124 valence electrons. The number of nitrogens with zero attached hydrogens (tertiary/aromatic N) is 2. The lowest BCUT2D eigenvalue weighted by molar-refractivity contribution is -0.253. The van der Waals surface area contributed by atoms with Crippen LogP contribution in [0.25, 0.3) is 5.69 Å². The summed E-state index contributed by atoms with van der Waals surface area (Å²) < 4.78 is 55.0. The molecule has 0 saturated carbocycles. The summed E-state index contributed by atoms with van der Waals surface area (Å²) in [5.41, 5.74) is -0.400. The number of halogens is 5. The molecule has 23 heavy (non-hydrogen) atoms. The zero-order chi connectivity index (χ0) is 17.2. The maximum absolute atomic E-state index is 12.9. The molecular weight excluding hydrogens is 342 g/mol. The van der Waals surface area contributed by atoms with E-state index in [9.17, 15) is 22.4 Å². The Morgan fingerprint density at radius 3 is 2.70 bits per heavy atom. The van der Waals surface area contributed by atoms with Gasteiger partial charge in [-0.1, -0.05) is 17.7 Å². The maximum Gasteiger partial charge on any atom is 0.461 e. The van der Waals surface area contributed by atoms with E-state index in [1.54, 1.807) is 0 Å². The maximum atomic E-state index is 12.9. The van der Waals surface area contributed by atoms with Crippen molar-refractivity contribution in [1.82, 2.24) is 9.78 Å². The molecule has 2 rings (SSSR count). The highest BCUT2D eigenvalue weighted by Crippen LogP contribution is 2.28. The van der Waals surface area contributed by atoms with E-state index in [4.69, 9.17) is 11.6 Å². The second-order valence-corrected chi connectivity index (χ2v) is 4.68. The predicted molar refractivity (Wildman–Crippen MR) is 76.0 cm³/mol. The molecule has 1 aromatic carbocycles. The highest BCUT2D eigenvalue weighted by Gasteiger charge is 2.44. The minimum atomic E-state index is -4.65. The van der Waals surface area contributed by atoms with Gasteiger partial charge in [-0.3, -0.25) is 4.79 Å². The number of ether oxygens (including phenoxy) is 1. The summed E-state index contributed by atoms with van der Waals surface area (Å²) in [5, 5.41) is 6.31. The van der Waals surface area contributed by atoms with E-state index in [-0.39, 0.29) is 16.4 Å². The lowest BCUT2D eigenvalue weighted by Gasteiger charge is -2.17. The quantitative estimate of drug-likeness (QED) is 0.841. The molecule has 0 spiro atoms. The van der Waals surface area contributed by atoms with Gasteiger partial charge in [-0.2, -0.15) is 27.3 Å². The average molecular weight is 352 g/mol. The fourth-order valence-corrected chi connectivity index (χ4v) is 1.89. The molecule has 0 bridgehead atoms. The van der Waals surface area contributed by atoms with Crippen LogP contribution in [-0.2, 0) is 0 Å². The van der Waals surface area contributed by atoms with Crippen molar-refractivity contribution in [3.8, 4) is 11.4 Å². The smallest absolute Gasteiger partial charge is 0.428 e. The summed E-state index contributed by atoms with van der Waals surface area (Å²) >= 11 is 5.85. The van der Waals surface area contributed by atoms with Crippen LogP contribution in [0.3, 0.4) is 0 Å². The van der Waals surface area contributed by atoms with Crippen LogP contribution >= 0.6 is 11.6 Å². The van der Waals surface area contributed by atoms with Crippen molar-refractivity contribution in [2.45, 2.75) is 12.5 Å². The highest BCUT2D eigenvalue weighted by molar-refractivity contribution is 6.32. The van der Waals surface area contributed by atoms with Gasteiger partial charge in [0.1, 0.15) is 10.8 Å². The molecule has 1 N–H and O–H groups in total. The van der Waals surface area contributed by atoms with Gasteiger partial charge in [0, 0.05) is 13.1 Å². The molecule has 0 saturated heterocycles. The molecular formula is C13H10ClF4N3O2. The van der Waals surface area contributed by atoms with E-state index in [1.165, 1.54) is 25.4 Å². The van der Waals surface area contributed by atoms with Gasteiger partial charge in [0.15, 0.2) is 0 Å². The largest absolute Gasteiger partial charge is 0.461 e. The van der Waals surface area contributed by atoms with Crippen molar-refractivity contribution < 1.29 is 22.3 Å². The molecule has 2 aromatic rings. The number of rotatable bonds is 5. The van der Waals surface area contributed by atoms with Crippen molar-refractivity contribution in [3.05, 3.63) is 45.8 Å². The topological polar surface area (TPSA) is 56.1 Å². The Morgan fingerprint density at radius 1 is 1.39 bits per heavy atom. The Balaban J connectivity index is 2.42. The van der Waals surface area contributed by atoms with Crippen LogP contribution in [0.4, 0.5) is 23.2 Å². The lowest BCUT2D eigenvalue weighted by atomic mass is 10.3. The molecule has 1 aromatic heterocycles. The summed E-state index contributed by atoms with van der Waals surface area (Å²) in [5.74, 6) is -0.546. The highest BCUT2D eigenvalue weighted by atomic mass is 35.5. The zero-order valence-electron chi connectivity index (χ0n) is 11.6. The van der Waals surface area contributed by atoms with Gasteiger partial charge in [0.25, 0.3) is 5.56 Å². The molecule has 0 aliphatic rings. The zero-order valence-corrected chi connectivity index (χ0v) is 12.3. The third kappa shape index (κ3) is 3.55. The van der Waals surface area contributed by atoms with Crippen LogP contribution in [0.5, 0.6) is 5.75 Å². The molecule has 0 amide bonds. The summed E-state index contributed by atoms with van der Waals surface area (Å²) in [4.78, 5) is 12.1. The molecule has 0 atom stereocenters. The second kappa shape index (κ2) is 6.45. The summed E-state index contributed by atoms with van der Waals surface area (Å²) in [6, 6.07) is 4.63. The van der Waals surface area contributed by atoms with E-state index < -0.39 is 23.8 Å². The molecule has 0 radical (unpaired) electrons. The van der Waals surface area contributed by atoms with Crippen molar-refractivity contribution in [1.29, 1.82) is 0 Å². The predicted octanol–water partition coefficient (Wildman–Crippen LogP) is 3.16. The van der Waals surface area contributed by atoms with Gasteiger partial charge in [-0.05, 0) is 12.1 Å². The van der Waals surface area contributed by atoms with E-state index in [2.05, 4.69) is 15.2 Å². The first-order valence-electron chi connectivity index (χ1n) is 6.17. The standard InChI is InChI=1S/C13H10ClF4N3O2/c1-19-9-6-20-21(11(22)10(9)14)7-3-2-4-8(5-7)23-13(17,18)12(15)16/h2-6,12,19H,1H3. The van der Waals surface area contributed by atoms with Crippen LogP contribution in [0.2, 0.25) is 5.02 Å². The van der Waals surface area contributed by atoms with Crippen LogP contribution in [0, 0.1) is 0 Å². The molecule has 1 heterocycles. The van der Waals surface area contributed by atoms with Crippen molar-refractivity contribution >= 4 is 17.3 Å². The minimum Gasteiger partial charge on any atom is -0.428 e. The van der Waals surface area contributed by atoms with Gasteiger partial charge in [0.05, 0.1) is 17.6 Å². The first-order chi connectivity index (χ1) is 10.8. The van der Waals surface area contributed by atoms with Crippen molar-refractivity contribution in [2.24, 2.45) is 0 Å².